The number of thiocarbonyl (C=S) groups is 1. The zero-order valence-corrected chi connectivity index (χ0v) is 25.0. The van der Waals surface area contributed by atoms with Gasteiger partial charge in [0.1, 0.15) is 12.1 Å². The van der Waals surface area contributed by atoms with Gasteiger partial charge in [-0.1, -0.05) is 36.2 Å². The maximum absolute atomic E-state index is 13.1. The predicted molar refractivity (Wildman–Crippen MR) is 162 cm³/mol. The number of nitrogens with zero attached hydrogens (tertiary/aromatic N) is 1. The third-order valence-corrected chi connectivity index (χ3v) is 9.01. The number of carbonyl (C=O) groups is 2. The maximum Gasteiger partial charge on any atom is 0.332 e. The first-order valence-corrected chi connectivity index (χ1v) is 16.0. The second kappa shape index (κ2) is 14.8. The van der Waals surface area contributed by atoms with E-state index >= 15 is 0 Å². The van der Waals surface area contributed by atoms with Crippen LogP contribution in [-0.2, 0) is 30.8 Å². The molecule has 2 saturated heterocycles. The Morgan fingerprint density at radius 1 is 1.05 bits per heavy atom. The highest BCUT2D eigenvalue weighted by atomic mass is 32.2. The molecule has 2 atom stereocenters. The number of anilines is 1. The van der Waals surface area contributed by atoms with E-state index in [1.54, 1.807) is 36.4 Å². The zero-order valence-electron chi connectivity index (χ0n) is 23.4. The molecule has 10 nitrogen and oxygen atoms in total. The fourth-order valence-electron chi connectivity index (χ4n) is 4.92. The molecule has 0 aromatic heterocycles. The van der Waals surface area contributed by atoms with Crippen LogP contribution < -0.4 is 20.7 Å². The number of hydrogen-bond acceptors (Lipinski definition) is 8. The molecule has 4 rings (SSSR count). The lowest BCUT2D eigenvalue weighted by Gasteiger charge is -2.26. The molecule has 0 amide bonds. The molecule has 2 aliphatic heterocycles. The summed E-state index contributed by atoms with van der Waals surface area (Å²) in [6.45, 7) is 6.47. The number of piperidine rings is 1. The van der Waals surface area contributed by atoms with Gasteiger partial charge in [0.15, 0.2) is 5.11 Å². The average molecular weight is 602 g/mol. The van der Waals surface area contributed by atoms with Crippen molar-refractivity contribution in [2.45, 2.75) is 62.4 Å². The quantitative estimate of drug-likeness (QED) is 0.173. The van der Waals surface area contributed by atoms with E-state index in [1.165, 1.54) is 31.4 Å². The summed E-state index contributed by atoms with van der Waals surface area (Å²) < 4.78 is 33.8. The molecule has 0 spiro atoms. The van der Waals surface area contributed by atoms with Crippen molar-refractivity contribution >= 4 is 45.0 Å². The summed E-state index contributed by atoms with van der Waals surface area (Å²) in [7, 11) is -4.06. The number of esters is 2. The monoisotopic (exact) mass is 601 g/mol. The molecule has 222 valence electrons. The van der Waals surface area contributed by atoms with Gasteiger partial charge in [0.2, 0.25) is 10.0 Å². The van der Waals surface area contributed by atoms with Gasteiger partial charge in [-0.2, -0.15) is 4.72 Å². The van der Waals surface area contributed by atoms with E-state index < -0.39 is 34.0 Å². The van der Waals surface area contributed by atoms with Crippen molar-refractivity contribution in [3.8, 4) is 0 Å². The number of hydrogen-bond donors (Lipinski definition) is 4. The van der Waals surface area contributed by atoms with Crippen LogP contribution in [0.2, 0.25) is 0 Å². The Balaban J connectivity index is 1.37. The molecule has 2 fully saturated rings. The van der Waals surface area contributed by atoms with E-state index in [1.807, 2.05) is 6.92 Å². The molecule has 2 aromatic carbocycles. The van der Waals surface area contributed by atoms with Crippen molar-refractivity contribution in [1.29, 1.82) is 0 Å². The van der Waals surface area contributed by atoms with Gasteiger partial charge in [-0.05, 0) is 101 Å². The van der Waals surface area contributed by atoms with Crippen LogP contribution in [0.15, 0.2) is 53.4 Å². The van der Waals surface area contributed by atoms with Crippen LogP contribution in [0, 0.1) is 6.92 Å². The average Bonchev–Trinajstić information content (AvgIpc) is 3.50. The van der Waals surface area contributed by atoms with Crippen LogP contribution in [0.3, 0.4) is 0 Å². The smallest absolute Gasteiger partial charge is 0.332 e. The third kappa shape index (κ3) is 9.57. The Hall–Kier alpha value is -2.90. The minimum atomic E-state index is -4.06. The lowest BCUT2D eigenvalue weighted by Crippen LogP contribution is -2.45. The van der Waals surface area contributed by atoms with Gasteiger partial charge in [0.05, 0.1) is 4.90 Å². The standard InChI is InChI=1S/C29H39N5O5S2/c1-21-7-13-24(14-8-21)41(37,38)33-26(28(36)39-27(35)25-6-5-15-30-25)20-22-9-11-23(12-10-22)32-29(40)31-16-19-34-17-3-2-4-18-34/h7-14,25-26,30,33H,2-6,15-20H2,1H3,(H2,31,32,40)/t25-,26-/m0/s1. The minimum absolute atomic E-state index is 0.00584. The second-order valence-corrected chi connectivity index (χ2v) is 12.7. The molecule has 0 saturated carbocycles. The molecule has 0 unspecified atom stereocenters. The molecule has 0 radical (unpaired) electrons. The fourth-order valence-corrected chi connectivity index (χ4v) is 6.32. The minimum Gasteiger partial charge on any atom is -0.391 e. The first-order chi connectivity index (χ1) is 19.7. The predicted octanol–water partition coefficient (Wildman–Crippen LogP) is 2.48. The summed E-state index contributed by atoms with van der Waals surface area (Å²) in [6, 6.07) is 11.6. The molecule has 2 heterocycles. The molecular weight excluding hydrogens is 562 g/mol. The molecule has 0 bridgehead atoms. The van der Waals surface area contributed by atoms with E-state index in [0.29, 0.717) is 23.6 Å². The van der Waals surface area contributed by atoms with Crippen molar-refractivity contribution in [3.05, 3.63) is 59.7 Å². The van der Waals surface area contributed by atoms with Crippen molar-refractivity contribution in [2.75, 3.05) is 38.0 Å². The summed E-state index contributed by atoms with van der Waals surface area (Å²) in [5, 5.41) is 9.89. The number of likely N-dealkylation sites (tertiary alicyclic amines) is 1. The van der Waals surface area contributed by atoms with Crippen LogP contribution in [-0.4, -0.2) is 75.2 Å². The van der Waals surface area contributed by atoms with Gasteiger partial charge in [0, 0.05) is 18.8 Å². The number of nitrogens with one attached hydrogen (secondary N) is 4. The normalized spacial score (nSPS) is 18.4. The Bertz CT molecular complexity index is 1290. The van der Waals surface area contributed by atoms with Crippen LogP contribution in [0.5, 0.6) is 0 Å². The van der Waals surface area contributed by atoms with Crippen LogP contribution in [0.1, 0.15) is 43.2 Å². The first-order valence-electron chi connectivity index (χ1n) is 14.1. The lowest BCUT2D eigenvalue weighted by molar-refractivity contribution is -0.162. The topological polar surface area (TPSA) is 129 Å². The highest BCUT2D eigenvalue weighted by Gasteiger charge is 2.32. The molecule has 12 heteroatoms. The van der Waals surface area contributed by atoms with Crippen LogP contribution >= 0.6 is 12.2 Å². The number of benzene rings is 2. The van der Waals surface area contributed by atoms with Crippen molar-refractivity contribution in [3.63, 3.8) is 0 Å². The molecular formula is C29H39N5O5S2. The van der Waals surface area contributed by atoms with E-state index in [4.69, 9.17) is 17.0 Å². The van der Waals surface area contributed by atoms with Crippen LogP contribution in [0.25, 0.3) is 0 Å². The second-order valence-electron chi connectivity index (χ2n) is 10.6. The van der Waals surface area contributed by atoms with E-state index in [9.17, 15) is 18.0 Å². The highest BCUT2D eigenvalue weighted by Crippen LogP contribution is 2.16. The van der Waals surface area contributed by atoms with E-state index in [2.05, 4.69) is 25.6 Å². The third-order valence-electron chi connectivity index (χ3n) is 7.27. The zero-order chi connectivity index (χ0) is 29.2. The van der Waals surface area contributed by atoms with Gasteiger partial charge < -0.3 is 25.6 Å². The molecule has 41 heavy (non-hydrogen) atoms. The van der Waals surface area contributed by atoms with Gasteiger partial charge >= 0.3 is 11.9 Å². The Labute approximate surface area is 247 Å². The van der Waals surface area contributed by atoms with Crippen LogP contribution in [0.4, 0.5) is 5.69 Å². The largest absolute Gasteiger partial charge is 0.391 e. The Kier molecular flexibility index (Phi) is 11.2. The van der Waals surface area contributed by atoms with Crippen molar-refractivity contribution in [1.82, 2.24) is 20.3 Å². The molecule has 2 aromatic rings. The number of ether oxygens (including phenoxy) is 1. The van der Waals surface area contributed by atoms with Gasteiger partial charge in [-0.3, -0.25) is 0 Å². The number of sulfonamides is 1. The molecule has 4 N–H and O–H groups in total. The van der Waals surface area contributed by atoms with Gasteiger partial charge in [-0.15, -0.1) is 0 Å². The maximum atomic E-state index is 13.1. The number of aryl methyl sites for hydroxylation is 1. The summed E-state index contributed by atoms with van der Waals surface area (Å²) in [5.74, 6) is -1.64. The van der Waals surface area contributed by atoms with Crippen molar-refractivity contribution in [2.24, 2.45) is 0 Å². The summed E-state index contributed by atoms with van der Waals surface area (Å²) in [4.78, 5) is 28.0. The molecule has 2 aliphatic rings. The first kappa shape index (κ1) is 31.0. The highest BCUT2D eigenvalue weighted by molar-refractivity contribution is 7.89. The number of carbonyl (C=O) groups excluding carboxylic acids is 2. The van der Waals surface area contributed by atoms with E-state index in [-0.39, 0.29) is 11.3 Å². The molecule has 0 aliphatic carbocycles. The Morgan fingerprint density at radius 2 is 1.76 bits per heavy atom. The Morgan fingerprint density at radius 3 is 2.41 bits per heavy atom. The lowest BCUT2D eigenvalue weighted by atomic mass is 10.1. The van der Waals surface area contributed by atoms with Gasteiger partial charge in [-0.25, -0.2) is 18.0 Å². The summed E-state index contributed by atoms with van der Waals surface area (Å²) in [5.41, 5.74) is 2.34. The van der Waals surface area contributed by atoms with E-state index in [0.717, 1.165) is 43.9 Å². The van der Waals surface area contributed by atoms with Crippen molar-refractivity contribution < 1.29 is 22.7 Å². The summed E-state index contributed by atoms with van der Waals surface area (Å²) in [6.07, 6.45) is 5.15. The number of rotatable bonds is 11. The summed E-state index contributed by atoms with van der Waals surface area (Å²) >= 11 is 5.42. The van der Waals surface area contributed by atoms with Gasteiger partial charge in [0.25, 0.3) is 0 Å². The fraction of sp³-hybridized carbons (Fsp3) is 0.483. The SMILES string of the molecule is Cc1ccc(S(=O)(=O)N[C@@H](Cc2ccc(NC(=S)NCCN3CCCCC3)cc2)C(=O)OC(=O)[C@@H]2CCCN2)cc1.